The van der Waals surface area contributed by atoms with E-state index in [9.17, 15) is 9.18 Å². The highest BCUT2D eigenvalue weighted by atomic mass is 32.2. The monoisotopic (exact) mass is 360 g/mol. The average Bonchev–Trinajstić information content (AvgIpc) is 3.50. The lowest BCUT2D eigenvalue weighted by atomic mass is 10.2. The fourth-order valence-corrected chi connectivity index (χ4v) is 3.72. The van der Waals surface area contributed by atoms with E-state index < -0.39 is 0 Å². The normalized spacial score (nSPS) is 18.2. The second kappa shape index (κ2) is 6.44. The number of anilines is 1. The summed E-state index contributed by atoms with van der Waals surface area (Å²) >= 11 is 1.42. The van der Waals surface area contributed by atoms with Crippen molar-refractivity contribution in [2.75, 3.05) is 5.32 Å². The second-order valence-corrected chi connectivity index (χ2v) is 8.24. The highest BCUT2D eigenvalue weighted by molar-refractivity contribution is 8.00. The van der Waals surface area contributed by atoms with Crippen molar-refractivity contribution in [3.05, 3.63) is 35.4 Å². The fourth-order valence-electron chi connectivity index (χ4n) is 2.79. The van der Waals surface area contributed by atoms with E-state index in [2.05, 4.69) is 20.1 Å². The van der Waals surface area contributed by atoms with Gasteiger partial charge in [0.1, 0.15) is 11.6 Å². The fraction of sp³-hybridized carbons (Fsp3) is 0.500. The Morgan fingerprint density at radius 1 is 1.32 bits per heavy atom. The van der Waals surface area contributed by atoms with Gasteiger partial charge in [0.2, 0.25) is 5.91 Å². The number of thioether (sulfide) groups is 1. The molecular weight excluding hydrogens is 339 g/mol. The van der Waals surface area contributed by atoms with Gasteiger partial charge in [0.25, 0.3) is 0 Å². The van der Waals surface area contributed by atoms with Gasteiger partial charge < -0.3 is 9.88 Å². The standard InChI is InChI=1S/C18H21FN4OS/c1-10-3-6-13(9-15(10)19)20-17(24)11(2)25-18-22-21-16(12-4-5-12)23(18)14-7-8-14/h3,6,9,11-12,14H,4-5,7-8H2,1-2H3,(H,20,24). The van der Waals surface area contributed by atoms with E-state index in [0.717, 1.165) is 23.8 Å². The maximum absolute atomic E-state index is 13.6. The Morgan fingerprint density at radius 2 is 2.08 bits per heavy atom. The van der Waals surface area contributed by atoms with Crippen LogP contribution in [0.15, 0.2) is 23.4 Å². The number of carbonyl (C=O) groups is 1. The molecule has 7 heteroatoms. The third-order valence-electron chi connectivity index (χ3n) is 4.64. The van der Waals surface area contributed by atoms with Crippen LogP contribution >= 0.6 is 11.8 Å². The zero-order chi connectivity index (χ0) is 17.6. The van der Waals surface area contributed by atoms with Crippen molar-refractivity contribution >= 4 is 23.4 Å². The molecular formula is C18H21FN4OS. The van der Waals surface area contributed by atoms with E-state index >= 15 is 0 Å². The molecule has 1 amide bonds. The molecule has 0 saturated heterocycles. The molecule has 2 saturated carbocycles. The predicted octanol–water partition coefficient (Wildman–Crippen LogP) is 4.06. The Kier molecular flexibility index (Phi) is 4.27. The van der Waals surface area contributed by atoms with E-state index in [1.54, 1.807) is 19.1 Å². The molecule has 1 atom stereocenters. The van der Waals surface area contributed by atoms with Gasteiger partial charge in [0, 0.05) is 17.6 Å². The molecule has 1 aromatic carbocycles. The third kappa shape index (κ3) is 3.56. The molecule has 132 valence electrons. The van der Waals surface area contributed by atoms with Crippen LogP contribution in [0.1, 0.15) is 56.0 Å². The summed E-state index contributed by atoms with van der Waals surface area (Å²) in [6, 6.07) is 5.22. The maximum Gasteiger partial charge on any atom is 0.237 e. The average molecular weight is 360 g/mol. The third-order valence-corrected chi connectivity index (χ3v) is 5.69. The van der Waals surface area contributed by atoms with Crippen LogP contribution in [-0.4, -0.2) is 25.9 Å². The molecule has 2 aromatic rings. The van der Waals surface area contributed by atoms with E-state index in [4.69, 9.17) is 0 Å². The molecule has 1 aromatic heterocycles. The number of hydrogen-bond donors (Lipinski definition) is 1. The number of rotatable bonds is 6. The van der Waals surface area contributed by atoms with Crippen LogP contribution in [0.4, 0.5) is 10.1 Å². The van der Waals surface area contributed by atoms with E-state index in [1.807, 2.05) is 6.92 Å². The van der Waals surface area contributed by atoms with Gasteiger partial charge in [-0.15, -0.1) is 10.2 Å². The molecule has 1 heterocycles. The lowest BCUT2D eigenvalue weighted by Gasteiger charge is -2.13. The molecule has 0 spiro atoms. The lowest BCUT2D eigenvalue weighted by Crippen LogP contribution is -2.23. The van der Waals surface area contributed by atoms with Crippen LogP contribution in [0.3, 0.4) is 0 Å². The molecule has 25 heavy (non-hydrogen) atoms. The van der Waals surface area contributed by atoms with Gasteiger partial charge in [0.05, 0.1) is 5.25 Å². The number of carbonyl (C=O) groups excluding carboxylic acids is 1. The van der Waals surface area contributed by atoms with Crippen molar-refractivity contribution in [3.63, 3.8) is 0 Å². The lowest BCUT2D eigenvalue weighted by molar-refractivity contribution is -0.115. The van der Waals surface area contributed by atoms with Crippen molar-refractivity contribution < 1.29 is 9.18 Å². The molecule has 0 radical (unpaired) electrons. The second-order valence-electron chi connectivity index (χ2n) is 6.93. The first-order valence-corrected chi connectivity index (χ1v) is 9.59. The minimum Gasteiger partial charge on any atom is -0.325 e. The summed E-state index contributed by atoms with van der Waals surface area (Å²) < 4.78 is 15.9. The highest BCUT2D eigenvalue weighted by Gasteiger charge is 2.37. The van der Waals surface area contributed by atoms with Gasteiger partial charge >= 0.3 is 0 Å². The molecule has 2 aliphatic rings. The maximum atomic E-state index is 13.6. The van der Waals surface area contributed by atoms with Gasteiger partial charge in [-0.3, -0.25) is 4.79 Å². The number of halogens is 1. The summed E-state index contributed by atoms with van der Waals surface area (Å²) in [5, 5.41) is 12.0. The van der Waals surface area contributed by atoms with Gasteiger partial charge in [-0.2, -0.15) is 0 Å². The van der Waals surface area contributed by atoms with Gasteiger partial charge in [-0.05, 0) is 57.2 Å². The number of hydrogen-bond acceptors (Lipinski definition) is 4. The van der Waals surface area contributed by atoms with Crippen LogP contribution in [0.2, 0.25) is 0 Å². The first kappa shape index (κ1) is 16.6. The number of aryl methyl sites for hydroxylation is 1. The molecule has 0 aliphatic heterocycles. The van der Waals surface area contributed by atoms with Gasteiger partial charge in [-0.1, -0.05) is 17.8 Å². The number of aromatic nitrogens is 3. The van der Waals surface area contributed by atoms with Crippen LogP contribution in [0.25, 0.3) is 0 Å². The van der Waals surface area contributed by atoms with Crippen molar-refractivity contribution in [2.24, 2.45) is 0 Å². The molecule has 2 aliphatic carbocycles. The Balaban J connectivity index is 1.45. The zero-order valence-corrected chi connectivity index (χ0v) is 15.1. The van der Waals surface area contributed by atoms with Crippen LogP contribution < -0.4 is 5.32 Å². The quantitative estimate of drug-likeness (QED) is 0.789. The molecule has 1 N–H and O–H groups in total. The van der Waals surface area contributed by atoms with Crippen molar-refractivity contribution in [1.29, 1.82) is 0 Å². The number of nitrogens with zero attached hydrogens (tertiary/aromatic N) is 3. The summed E-state index contributed by atoms with van der Waals surface area (Å²) in [7, 11) is 0. The minimum absolute atomic E-state index is 0.161. The number of amides is 1. The molecule has 0 bridgehead atoms. The molecule has 5 nitrogen and oxygen atoms in total. The first-order chi connectivity index (χ1) is 12.0. The topological polar surface area (TPSA) is 59.8 Å². The predicted molar refractivity (Wildman–Crippen MR) is 95.4 cm³/mol. The smallest absolute Gasteiger partial charge is 0.237 e. The van der Waals surface area contributed by atoms with E-state index in [0.29, 0.717) is 23.2 Å². The van der Waals surface area contributed by atoms with E-state index in [1.165, 1.54) is 30.7 Å². The Morgan fingerprint density at radius 3 is 2.72 bits per heavy atom. The summed E-state index contributed by atoms with van der Waals surface area (Å²) in [5.74, 6) is 1.15. The zero-order valence-electron chi connectivity index (χ0n) is 14.3. The van der Waals surface area contributed by atoms with Crippen molar-refractivity contribution in [2.45, 2.75) is 61.9 Å². The summed E-state index contributed by atoms with van der Waals surface area (Å²) in [5.41, 5.74) is 1.04. The summed E-state index contributed by atoms with van der Waals surface area (Å²) in [6.07, 6.45) is 4.69. The molecule has 1 unspecified atom stereocenters. The Hall–Kier alpha value is -1.89. The largest absolute Gasteiger partial charge is 0.325 e. The summed E-state index contributed by atoms with van der Waals surface area (Å²) in [4.78, 5) is 12.5. The highest BCUT2D eigenvalue weighted by Crippen LogP contribution is 2.46. The minimum atomic E-state index is -0.335. The van der Waals surface area contributed by atoms with Gasteiger partial charge in [-0.25, -0.2) is 4.39 Å². The number of nitrogens with one attached hydrogen (secondary N) is 1. The van der Waals surface area contributed by atoms with Gasteiger partial charge in [0.15, 0.2) is 5.16 Å². The van der Waals surface area contributed by atoms with Crippen LogP contribution in [-0.2, 0) is 4.79 Å². The van der Waals surface area contributed by atoms with Crippen molar-refractivity contribution in [3.8, 4) is 0 Å². The van der Waals surface area contributed by atoms with E-state index in [-0.39, 0.29) is 17.0 Å². The molecule has 4 rings (SSSR count). The number of benzene rings is 1. The van der Waals surface area contributed by atoms with Crippen LogP contribution in [0, 0.1) is 12.7 Å². The summed E-state index contributed by atoms with van der Waals surface area (Å²) in [6.45, 7) is 3.54. The SMILES string of the molecule is Cc1ccc(NC(=O)C(C)Sc2nnc(C3CC3)n2C2CC2)cc1F. The van der Waals surface area contributed by atoms with Crippen LogP contribution in [0.5, 0.6) is 0 Å². The van der Waals surface area contributed by atoms with Crippen molar-refractivity contribution in [1.82, 2.24) is 14.8 Å². The Labute approximate surface area is 150 Å². The molecule has 2 fully saturated rings. The first-order valence-electron chi connectivity index (χ1n) is 8.71. The Bertz CT molecular complexity index is 813.